The quantitative estimate of drug-likeness (QED) is 0.0180. The lowest BCUT2D eigenvalue weighted by Gasteiger charge is -2.42. The van der Waals surface area contributed by atoms with E-state index >= 15 is 0 Å². The van der Waals surface area contributed by atoms with Gasteiger partial charge in [-0.1, -0.05) is 180 Å². The molecule has 0 aromatic rings. The number of carbonyl (C=O) groups excluding carboxylic acids is 2. The molecule has 0 radical (unpaired) electrons. The van der Waals surface area contributed by atoms with E-state index < -0.39 is 92.7 Å². The first-order valence-electron chi connectivity index (χ1n) is 26.3. The predicted octanol–water partition coefficient (Wildman–Crippen LogP) is 7.38. The van der Waals surface area contributed by atoms with E-state index in [9.17, 15) is 45.3 Å². The molecule has 0 amide bonds. The van der Waals surface area contributed by atoms with Crippen molar-refractivity contribution in [3.63, 3.8) is 0 Å². The Morgan fingerprint density at radius 1 is 0.470 bits per heavy atom. The lowest BCUT2D eigenvalue weighted by molar-refractivity contribution is -0.332. The summed E-state index contributed by atoms with van der Waals surface area (Å²) in [6.45, 7) is 2.58. The average molecular weight is 947 g/mol. The van der Waals surface area contributed by atoms with Crippen LogP contribution in [0.3, 0.4) is 0 Å². The number of ether oxygens (including phenoxy) is 6. The third-order valence-corrected chi connectivity index (χ3v) is 12.8. The summed E-state index contributed by atoms with van der Waals surface area (Å²) in [5.41, 5.74) is 0. The molecule has 66 heavy (non-hydrogen) atoms. The van der Waals surface area contributed by atoms with Crippen molar-refractivity contribution in [1.82, 2.24) is 0 Å². The first kappa shape index (κ1) is 60.4. The van der Waals surface area contributed by atoms with Crippen molar-refractivity contribution >= 4 is 11.9 Å². The Kier molecular flexibility index (Phi) is 35.7. The van der Waals surface area contributed by atoms with Gasteiger partial charge in [-0.05, 0) is 25.7 Å². The Morgan fingerprint density at radius 2 is 0.894 bits per heavy atom. The van der Waals surface area contributed by atoms with Gasteiger partial charge in [0, 0.05) is 12.8 Å². The van der Waals surface area contributed by atoms with E-state index in [4.69, 9.17) is 28.4 Å². The maximum Gasteiger partial charge on any atom is 0.306 e. The molecule has 2 fully saturated rings. The van der Waals surface area contributed by atoms with Crippen LogP contribution < -0.4 is 0 Å². The molecule has 2 heterocycles. The number of aliphatic hydroxyl groups excluding tert-OH is 7. The lowest BCUT2D eigenvalue weighted by Crippen LogP contribution is -2.61. The summed E-state index contributed by atoms with van der Waals surface area (Å²) in [6.07, 6.45) is 21.1. The highest BCUT2D eigenvalue weighted by molar-refractivity contribution is 5.70. The summed E-state index contributed by atoms with van der Waals surface area (Å²) in [5, 5.41) is 72.1. The molecular weight excluding hydrogens is 853 g/mol. The number of aliphatic hydroxyl groups is 7. The van der Waals surface area contributed by atoms with E-state index in [2.05, 4.69) is 19.9 Å². The minimum atomic E-state index is -1.76. The number of unbranched alkanes of at least 4 members (excludes halogenated alkanes) is 25. The number of hydrogen-bond acceptors (Lipinski definition) is 15. The summed E-state index contributed by atoms with van der Waals surface area (Å²) in [7, 11) is 0. The van der Waals surface area contributed by atoms with Gasteiger partial charge in [0.15, 0.2) is 18.7 Å². The molecule has 4 unspecified atom stereocenters. The van der Waals surface area contributed by atoms with Crippen molar-refractivity contribution < 1.29 is 73.8 Å². The molecule has 2 saturated heterocycles. The molecule has 0 saturated carbocycles. The molecule has 0 bridgehead atoms. The monoisotopic (exact) mass is 947 g/mol. The number of allylic oxidation sites excluding steroid dienone is 2. The van der Waals surface area contributed by atoms with Gasteiger partial charge in [-0.15, -0.1) is 0 Å². The minimum Gasteiger partial charge on any atom is -0.462 e. The fraction of sp³-hybridized carbons (Fsp3) is 0.922. The van der Waals surface area contributed by atoms with E-state index in [1.54, 1.807) is 0 Å². The van der Waals surface area contributed by atoms with Crippen molar-refractivity contribution in [2.45, 2.75) is 274 Å². The fourth-order valence-electron chi connectivity index (χ4n) is 8.41. The zero-order valence-corrected chi connectivity index (χ0v) is 40.9. The average Bonchev–Trinajstić information content (AvgIpc) is 3.31. The standard InChI is InChI=1S/C51H94O15/c1-3-5-7-9-11-13-15-17-19-21-23-25-27-29-31-33-42(53)61-36-39(64-43(54)34-32-30-28-26-24-22-20-18-16-14-12-10-8-6-4-2)37-62-50-49(60)47(58)45(56)41(66-50)38-63-51-48(59)46(57)44(55)40(35-52)65-51/h27,29,39-41,44-52,55-60H,3-26,28,30-38H2,1-2H3/b29-27+/t39-,40-,41-,44+,45+,46?,47?,48?,49?,50-,51-/m1/s1. The summed E-state index contributed by atoms with van der Waals surface area (Å²) < 4.78 is 33.5. The Balaban J connectivity index is 1.81. The Bertz CT molecular complexity index is 1210. The zero-order chi connectivity index (χ0) is 48.2. The van der Waals surface area contributed by atoms with E-state index in [1.807, 2.05) is 6.08 Å². The van der Waals surface area contributed by atoms with Gasteiger partial charge in [0.2, 0.25) is 0 Å². The van der Waals surface area contributed by atoms with Gasteiger partial charge in [-0.2, -0.15) is 0 Å². The molecule has 15 nitrogen and oxygen atoms in total. The second kappa shape index (κ2) is 39.0. The van der Waals surface area contributed by atoms with Crippen molar-refractivity contribution in [1.29, 1.82) is 0 Å². The summed E-state index contributed by atoms with van der Waals surface area (Å²) in [4.78, 5) is 25.7. The predicted molar refractivity (Wildman–Crippen MR) is 252 cm³/mol. The first-order chi connectivity index (χ1) is 32.0. The topological polar surface area (TPSA) is 231 Å². The second-order valence-corrected chi connectivity index (χ2v) is 18.7. The Morgan fingerprint density at radius 3 is 1.39 bits per heavy atom. The number of esters is 2. The van der Waals surface area contributed by atoms with Crippen LogP contribution in [-0.2, 0) is 38.0 Å². The molecule has 0 aliphatic carbocycles. The first-order valence-corrected chi connectivity index (χ1v) is 26.3. The van der Waals surface area contributed by atoms with Crippen molar-refractivity contribution in [2.75, 3.05) is 26.4 Å². The van der Waals surface area contributed by atoms with E-state index in [-0.39, 0.29) is 26.1 Å². The van der Waals surface area contributed by atoms with Gasteiger partial charge in [0.25, 0.3) is 0 Å². The van der Waals surface area contributed by atoms with Gasteiger partial charge in [0.1, 0.15) is 55.4 Å². The summed E-state index contributed by atoms with van der Waals surface area (Å²) in [5.74, 6) is -0.971. The normalized spacial score (nSPS) is 26.2. The number of carbonyl (C=O) groups is 2. The van der Waals surface area contributed by atoms with Crippen molar-refractivity contribution in [3.8, 4) is 0 Å². The molecule has 0 spiro atoms. The SMILES string of the molecule is CCCCCCCCCCCCC/C=C/CCC(=O)OC[C@H](CO[C@@H]1O[C@H](CO[C@@H]2O[C@H](CO)[C@H](O)C(O)C2O)[C@H](O)C(O)C1O)OC(=O)CCCCCCCCCCCCCCCCC. The maximum atomic E-state index is 13.0. The van der Waals surface area contributed by atoms with Crippen molar-refractivity contribution in [2.24, 2.45) is 0 Å². The van der Waals surface area contributed by atoms with Crippen LogP contribution in [-0.4, -0.2) is 142 Å². The largest absolute Gasteiger partial charge is 0.462 e. The molecule has 2 rings (SSSR count). The molecule has 0 aromatic carbocycles. The highest BCUT2D eigenvalue weighted by Gasteiger charge is 2.47. The Hall–Kier alpha value is -1.76. The van der Waals surface area contributed by atoms with Gasteiger partial charge in [-0.3, -0.25) is 9.59 Å². The van der Waals surface area contributed by atoms with Gasteiger partial charge in [-0.25, -0.2) is 0 Å². The molecule has 7 N–H and O–H groups in total. The molecule has 15 heteroatoms. The van der Waals surface area contributed by atoms with Crippen LogP contribution in [0.25, 0.3) is 0 Å². The maximum absolute atomic E-state index is 13.0. The van der Waals surface area contributed by atoms with Gasteiger partial charge < -0.3 is 64.2 Å². The van der Waals surface area contributed by atoms with Crippen LogP contribution in [0, 0.1) is 0 Å². The molecule has 2 aliphatic heterocycles. The smallest absolute Gasteiger partial charge is 0.306 e. The van der Waals surface area contributed by atoms with Crippen molar-refractivity contribution in [3.05, 3.63) is 12.2 Å². The highest BCUT2D eigenvalue weighted by Crippen LogP contribution is 2.26. The third-order valence-electron chi connectivity index (χ3n) is 12.8. The van der Waals surface area contributed by atoms with Crippen LogP contribution in [0.1, 0.15) is 206 Å². The van der Waals surface area contributed by atoms with Crippen LogP contribution in [0.5, 0.6) is 0 Å². The molecule has 2 aliphatic rings. The molecular formula is C51H94O15. The zero-order valence-electron chi connectivity index (χ0n) is 40.9. The minimum absolute atomic E-state index is 0.139. The van der Waals surface area contributed by atoms with Crippen LogP contribution in [0.2, 0.25) is 0 Å². The van der Waals surface area contributed by atoms with E-state index in [1.165, 1.54) is 135 Å². The molecule has 0 aromatic heterocycles. The summed E-state index contributed by atoms with van der Waals surface area (Å²) in [6, 6.07) is 0. The highest BCUT2D eigenvalue weighted by atomic mass is 16.7. The van der Waals surface area contributed by atoms with Crippen LogP contribution >= 0.6 is 0 Å². The summed E-state index contributed by atoms with van der Waals surface area (Å²) >= 11 is 0. The van der Waals surface area contributed by atoms with Crippen LogP contribution in [0.15, 0.2) is 12.2 Å². The lowest BCUT2D eigenvalue weighted by atomic mass is 9.98. The number of hydrogen-bond donors (Lipinski definition) is 7. The van der Waals surface area contributed by atoms with E-state index in [0.717, 1.165) is 32.1 Å². The van der Waals surface area contributed by atoms with Gasteiger partial charge in [0.05, 0.1) is 19.8 Å². The molecule has 388 valence electrons. The third kappa shape index (κ3) is 26.8. The molecule has 11 atom stereocenters. The van der Waals surface area contributed by atoms with E-state index in [0.29, 0.717) is 12.8 Å². The van der Waals surface area contributed by atoms with Gasteiger partial charge >= 0.3 is 11.9 Å². The van der Waals surface area contributed by atoms with Crippen LogP contribution in [0.4, 0.5) is 0 Å². The second-order valence-electron chi connectivity index (χ2n) is 18.7. The Labute approximate surface area is 397 Å². The fourth-order valence-corrected chi connectivity index (χ4v) is 8.41. The number of rotatable bonds is 41.